The molecule has 11 heteroatoms. The fraction of sp³-hybridized carbons (Fsp3) is 0.206. The first kappa shape index (κ1) is 30.3. The molecular weight excluding hydrogens is 605 g/mol. The molecule has 2 aromatic heterocycles. The molecule has 0 radical (unpaired) electrons. The topological polar surface area (TPSA) is 102 Å². The fourth-order valence-corrected chi connectivity index (χ4v) is 6.74. The average molecular weight is 637 g/mol. The SMILES string of the molecule is COc1ccccc1C(=O)NCc1nnc(SCC(=O)N2N=C(c3cccs3)CC2c2ccc(C)cc2)n1-c1cccc(C)c1. The molecule has 0 saturated carbocycles. The lowest BCUT2D eigenvalue weighted by atomic mass is 10.00. The largest absolute Gasteiger partial charge is 0.496 e. The van der Waals surface area contributed by atoms with Gasteiger partial charge in [-0.2, -0.15) is 5.10 Å². The third-order valence-corrected chi connectivity index (χ3v) is 9.31. The van der Waals surface area contributed by atoms with Gasteiger partial charge in [-0.15, -0.1) is 21.5 Å². The maximum Gasteiger partial charge on any atom is 0.255 e. The molecule has 3 heterocycles. The Hall–Kier alpha value is -4.74. The molecule has 1 aliphatic rings. The summed E-state index contributed by atoms with van der Waals surface area (Å²) in [6.45, 7) is 4.19. The summed E-state index contributed by atoms with van der Waals surface area (Å²) in [5.74, 6) is 0.727. The van der Waals surface area contributed by atoms with Crippen molar-refractivity contribution in [1.82, 2.24) is 25.1 Å². The number of carbonyl (C=O) groups is 2. The number of hydrogen-bond acceptors (Lipinski definition) is 8. The van der Waals surface area contributed by atoms with Crippen molar-refractivity contribution >= 4 is 40.6 Å². The number of ether oxygens (including phenoxy) is 1. The number of amides is 2. The van der Waals surface area contributed by atoms with E-state index >= 15 is 0 Å². The molecule has 0 spiro atoms. The van der Waals surface area contributed by atoms with Crippen LogP contribution >= 0.6 is 23.1 Å². The van der Waals surface area contributed by atoms with E-state index < -0.39 is 0 Å². The molecule has 0 aliphatic carbocycles. The van der Waals surface area contributed by atoms with Crippen LogP contribution in [0.3, 0.4) is 0 Å². The van der Waals surface area contributed by atoms with Crippen LogP contribution < -0.4 is 10.1 Å². The van der Waals surface area contributed by atoms with E-state index in [1.807, 2.05) is 66.3 Å². The van der Waals surface area contributed by atoms with Crippen LogP contribution in [-0.4, -0.2) is 50.2 Å². The predicted molar refractivity (Wildman–Crippen MR) is 177 cm³/mol. The summed E-state index contributed by atoms with van der Waals surface area (Å²) in [4.78, 5) is 27.9. The van der Waals surface area contributed by atoms with E-state index in [1.165, 1.54) is 18.9 Å². The molecule has 9 nitrogen and oxygen atoms in total. The van der Waals surface area contributed by atoms with E-state index in [9.17, 15) is 9.59 Å². The van der Waals surface area contributed by atoms with Gasteiger partial charge in [0.25, 0.3) is 11.8 Å². The molecule has 2 amide bonds. The van der Waals surface area contributed by atoms with Gasteiger partial charge < -0.3 is 10.1 Å². The van der Waals surface area contributed by atoms with Crippen LogP contribution in [0, 0.1) is 13.8 Å². The molecule has 0 saturated heterocycles. The van der Waals surface area contributed by atoms with Gasteiger partial charge in [0, 0.05) is 12.1 Å². The van der Waals surface area contributed by atoms with Gasteiger partial charge in [0.2, 0.25) is 0 Å². The van der Waals surface area contributed by atoms with Gasteiger partial charge in [-0.25, -0.2) is 5.01 Å². The van der Waals surface area contributed by atoms with E-state index in [2.05, 4.69) is 39.8 Å². The third kappa shape index (κ3) is 6.69. The molecule has 0 fully saturated rings. The van der Waals surface area contributed by atoms with E-state index in [0.29, 0.717) is 28.7 Å². The van der Waals surface area contributed by atoms with Gasteiger partial charge in [0.1, 0.15) is 5.75 Å². The number of hydrogen-bond donors (Lipinski definition) is 1. The zero-order chi connectivity index (χ0) is 31.3. The highest BCUT2D eigenvalue weighted by molar-refractivity contribution is 7.99. The first-order chi connectivity index (χ1) is 21.9. The van der Waals surface area contributed by atoms with Gasteiger partial charge in [-0.3, -0.25) is 14.2 Å². The van der Waals surface area contributed by atoms with Crippen molar-refractivity contribution in [3.63, 3.8) is 0 Å². The number of nitrogens with one attached hydrogen (secondary N) is 1. The Bertz CT molecular complexity index is 1850. The number of thioether (sulfide) groups is 1. The lowest BCUT2D eigenvalue weighted by Crippen LogP contribution is -2.28. The lowest BCUT2D eigenvalue weighted by molar-refractivity contribution is -0.130. The summed E-state index contributed by atoms with van der Waals surface area (Å²) in [7, 11) is 1.53. The van der Waals surface area contributed by atoms with Crippen LogP contribution in [-0.2, 0) is 11.3 Å². The average Bonchev–Trinajstić information content (AvgIpc) is 3.83. The van der Waals surface area contributed by atoms with Crippen LogP contribution in [0.1, 0.15) is 50.2 Å². The number of thiophene rings is 1. The first-order valence-corrected chi connectivity index (χ1v) is 16.3. The van der Waals surface area contributed by atoms with Crippen molar-refractivity contribution in [3.05, 3.63) is 123 Å². The Labute approximate surface area is 270 Å². The minimum Gasteiger partial charge on any atom is -0.496 e. The van der Waals surface area contributed by atoms with Gasteiger partial charge in [-0.1, -0.05) is 71.9 Å². The van der Waals surface area contributed by atoms with Crippen molar-refractivity contribution in [2.24, 2.45) is 5.10 Å². The van der Waals surface area contributed by atoms with Crippen molar-refractivity contribution in [2.45, 2.75) is 38.0 Å². The van der Waals surface area contributed by atoms with Gasteiger partial charge >= 0.3 is 0 Å². The summed E-state index contributed by atoms with van der Waals surface area (Å²) in [5, 5.41) is 20.8. The number of aromatic nitrogens is 3. The summed E-state index contributed by atoms with van der Waals surface area (Å²) in [5.41, 5.74) is 5.45. The van der Waals surface area contributed by atoms with E-state index in [1.54, 1.807) is 34.5 Å². The normalized spacial score (nSPS) is 14.3. The van der Waals surface area contributed by atoms with Crippen LogP contribution in [0.4, 0.5) is 0 Å². The smallest absolute Gasteiger partial charge is 0.255 e. The molecule has 1 atom stereocenters. The Morgan fingerprint density at radius 2 is 1.80 bits per heavy atom. The van der Waals surface area contributed by atoms with Crippen LogP contribution in [0.15, 0.2) is 101 Å². The van der Waals surface area contributed by atoms with Crippen molar-refractivity contribution < 1.29 is 14.3 Å². The van der Waals surface area contributed by atoms with Crippen molar-refractivity contribution in [3.8, 4) is 11.4 Å². The molecule has 1 aliphatic heterocycles. The highest BCUT2D eigenvalue weighted by atomic mass is 32.2. The van der Waals surface area contributed by atoms with Gasteiger partial charge in [-0.05, 0) is 60.7 Å². The number of aryl methyl sites for hydroxylation is 2. The lowest BCUT2D eigenvalue weighted by Gasteiger charge is -2.22. The van der Waals surface area contributed by atoms with E-state index in [-0.39, 0.29) is 30.2 Å². The summed E-state index contributed by atoms with van der Waals surface area (Å²) < 4.78 is 7.24. The molecular formula is C34H32N6O3S2. The van der Waals surface area contributed by atoms with Crippen molar-refractivity contribution in [2.75, 3.05) is 12.9 Å². The first-order valence-electron chi connectivity index (χ1n) is 14.5. The Kier molecular flexibility index (Phi) is 9.08. The number of methoxy groups -OCH3 is 1. The van der Waals surface area contributed by atoms with Crippen LogP contribution in [0.5, 0.6) is 5.75 Å². The number of nitrogens with zero attached hydrogens (tertiary/aromatic N) is 5. The standard InChI is InChI=1S/C34H32N6O3S2/c1-22-13-15-24(16-14-22)28-19-27(30-12-7-17-44-30)38-40(28)32(41)21-45-34-37-36-31(39(34)25-9-6-8-23(2)18-25)20-35-33(42)26-10-4-5-11-29(26)43-3/h4-18,28H,19-21H2,1-3H3,(H,35,42). The van der Waals surface area contributed by atoms with Crippen LogP contribution in [0.2, 0.25) is 0 Å². The predicted octanol–water partition coefficient (Wildman–Crippen LogP) is 6.35. The maximum absolute atomic E-state index is 13.8. The van der Waals surface area contributed by atoms with Gasteiger partial charge in [0.05, 0.1) is 41.6 Å². The third-order valence-electron chi connectivity index (χ3n) is 7.48. The Morgan fingerprint density at radius 1 is 0.978 bits per heavy atom. The number of hydrazone groups is 1. The van der Waals surface area contributed by atoms with E-state index in [0.717, 1.165) is 33.0 Å². The zero-order valence-corrected chi connectivity index (χ0v) is 26.8. The summed E-state index contributed by atoms with van der Waals surface area (Å²) >= 11 is 2.92. The fourth-order valence-electron chi connectivity index (χ4n) is 5.19. The number of benzene rings is 3. The number of carbonyl (C=O) groups excluding carboxylic acids is 2. The monoisotopic (exact) mass is 636 g/mol. The minimum atomic E-state index is -0.286. The Morgan fingerprint density at radius 3 is 2.56 bits per heavy atom. The maximum atomic E-state index is 13.8. The summed E-state index contributed by atoms with van der Waals surface area (Å²) in [6.07, 6.45) is 0.648. The molecule has 228 valence electrons. The number of rotatable bonds is 10. The van der Waals surface area contributed by atoms with Crippen LogP contribution in [0.25, 0.3) is 5.69 Å². The zero-order valence-electron chi connectivity index (χ0n) is 25.1. The second-order valence-corrected chi connectivity index (χ2v) is 12.5. The molecule has 0 bridgehead atoms. The highest BCUT2D eigenvalue weighted by Crippen LogP contribution is 2.35. The number of para-hydroxylation sites is 1. The molecule has 1 unspecified atom stereocenters. The minimum absolute atomic E-state index is 0.112. The highest BCUT2D eigenvalue weighted by Gasteiger charge is 2.33. The Balaban J connectivity index is 1.24. The van der Waals surface area contributed by atoms with Gasteiger partial charge in [0.15, 0.2) is 11.0 Å². The molecule has 5 aromatic rings. The molecule has 45 heavy (non-hydrogen) atoms. The molecule has 3 aromatic carbocycles. The second kappa shape index (κ2) is 13.5. The quantitative estimate of drug-likeness (QED) is 0.179. The van der Waals surface area contributed by atoms with E-state index in [4.69, 9.17) is 9.84 Å². The molecule has 1 N–H and O–H groups in total. The molecule has 6 rings (SSSR count). The van der Waals surface area contributed by atoms with Crippen molar-refractivity contribution in [1.29, 1.82) is 0 Å². The second-order valence-electron chi connectivity index (χ2n) is 10.6. The summed E-state index contributed by atoms with van der Waals surface area (Å²) in [6, 6.07) is 27.1.